The van der Waals surface area contributed by atoms with E-state index in [9.17, 15) is 14.4 Å². The van der Waals surface area contributed by atoms with Gasteiger partial charge in [0.25, 0.3) is 11.5 Å². The van der Waals surface area contributed by atoms with Gasteiger partial charge in [0.2, 0.25) is 0 Å². The largest absolute Gasteiger partial charge is 0.481 e. The Balaban J connectivity index is 1.80. The van der Waals surface area contributed by atoms with Gasteiger partial charge >= 0.3 is 5.97 Å². The molecule has 1 amide bonds. The number of aliphatic carboxylic acids is 1. The number of rotatable bonds is 5. The van der Waals surface area contributed by atoms with Crippen molar-refractivity contribution in [3.63, 3.8) is 0 Å². The van der Waals surface area contributed by atoms with Crippen LogP contribution >= 0.6 is 0 Å². The highest BCUT2D eigenvalue weighted by Gasteiger charge is 2.24. The molecule has 0 atom stereocenters. The summed E-state index contributed by atoms with van der Waals surface area (Å²) in [7, 11) is 0. The summed E-state index contributed by atoms with van der Waals surface area (Å²) in [6, 6.07) is 2.67. The molecule has 114 valence electrons. The van der Waals surface area contributed by atoms with Crippen LogP contribution in [0.15, 0.2) is 16.9 Å². The Morgan fingerprint density at radius 1 is 1.38 bits per heavy atom. The molecule has 1 aliphatic rings. The zero-order chi connectivity index (χ0) is 15.2. The van der Waals surface area contributed by atoms with Gasteiger partial charge in [-0.1, -0.05) is 0 Å². The average Bonchev–Trinajstić information content (AvgIpc) is 2.48. The molecule has 1 aromatic heterocycles. The van der Waals surface area contributed by atoms with Crippen molar-refractivity contribution in [2.24, 2.45) is 0 Å². The summed E-state index contributed by atoms with van der Waals surface area (Å²) >= 11 is 0. The van der Waals surface area contributed by atoms with Crippen LogP contribution in [0.1, 0.15) is 29.8 Å². The number of nitrogens with zero attached hydrogens (tertiary/aromatic N) is 2. The Morgan fingerprint density at radius 3 is 2.67 bits per heavy atom. The molecule has 0 radical (unpaired) electrons. The maximum absolute atomic E-state index is 12.1. The van der Waals surface area contributed by atoms with Crippen molar-refractivity contribution in [2.45, 2.75) is 25.4 Å². The zero-order valence-electron chi connectivity index (χ0n) is 11.4. The van der Waals surface area contributed by atoms with Gasteiger partial charge in [0.15, 0.2) is 0 Å². The number of carbonyl (C=O) groups is 2. The van der Waals surface area contributed by atoms with E-state index in [4.69, 9.17) is 9.84 Å². The minimum Gasteiger partial charge on any atom is -0.481 e. The van der Waals surface area contributed by atoms with Crippen LogP contribution in [0.5, 0.6) is 0 Å². The maximum Gasteiger partial charge on any atom is 0.305 e. The molecule has 1 aromatic rings. The predicted octanol–water partition coefficient (Wildman–Crippen LogP) is -0.134. The Labute approximate surface area is 120 Å². The van der Waals surface area contributed by atoms with Crippen molar-refractivity contribution in [3.05, 3.63) is 28.2 Å². The van der Waals surface area contributed by atoms with E-state index in [0.29, 0.717) is 25.9 Å². The third-order valence-corrected chi connectivity index (χ3v) is 3.30. The molecular formula is C13H17N3O5. The molecule has 2 heterocycles. The van der Waals surface area contributed by atoms with Gasteiger partial charge in [-0.05, 0) is 18.9 Å². The molecule has 0 aliphatic carbocycles. The summed E-state index contributed by atoms with van der Waals surface area (Å²) < 4.78 is 5.46. The topological polar surface area (TPSA) is 113 Å². The molecule has 8 heteroatoms. The molecule has 1 aliphatic heterocycles. The van der Waals surface area contributed by atoms with E-state index in [-0.39, 0.29) is 36.3 Å². The summed E-state index contributed by atoms with van der Waals surface area (Å²) in [4.78, 5) is 35.1. The Hall–Kier alpha value is -2.22. The summed E-state index contributed by atoms with van der Waals surface area (Å²) in [5.41, 5.74) is -0.142. The van der Waals surface area contributed by atoms with E-state index in [1.54, 1.807) is 4.90 Å². The lowest BCUT2D eigenvalue weighted by Crippen LogP contribution is -2.41. The first-order valence-corrected chi connectivity index (χ1v) is 6.74. The van der Waals surface area contributed by atoms with Gasteiger partial charge in [-0.25, -0.2) is 5.10 Å². The van der Waals surface area contributed by atoms with Crippen molar-refractivity contribution >= 4 is 11.9 Å². The van der Waals surface area contributed by atoms with Crippen molar-refractivity contribution < 1.29 is 19.4 Å². The number of nitrogens with one attached hydrogen (secondary N) is 1. The van der Waals surface area contributed by atoms with E-state index >= 15 is 0 Å². The van der Waals surface area contributed by atoms with Crippen LogP contribution in [0, 0.1) is 0 Å². The molecule has 1 saturated heterocycles. The molecule has 0 aromatic carbocycles. The Morgan fingerprint density at radius 2 is 2.10 bits per heavy atom. The molecule has 0 bridgehead atoms. The zero-order valence-corrected chi connectivity index (χ0v) is 11.4. The number of carbonyl (C=O) groups excluding carboxylic acids is 1. The highest BCUT2D eigenvalue weighted by molar-refractivity contribution is 5.92. The smallest absolute Gasteiger partial charge is 0.305 e. The van der Waals surface area contributed by atoms with E-state index < -0.39 is 5.97 Å². The van der Waals surface area contributed by atoms with Crippen LogP contribution in [0.4, 0.5) is 0 Å². The monoisotopic (exact) mass is 295 g/mol. The number of likely N-dealkylation sites (tertiary alicyclic amines) is 1. The fourth-order valence-electron chi connectivity index (χ4n) is 2.16. The fraction of sp³-hybridized carbons (Fsp3) is 0.538. The first-order valence-electron chi connectivity index (χ1n) is 6.74. The van der Waals surface area contributed by atoms with Gasteiger partial charge < -0.3 is 14.7 Å². The van der Waals surface area contributed by atoms with Gasteiger partial charge in [-0.3, -0.25) is 14.4 Å². The Kier molecular flexibility index (Phi) is 5.04. The number of carboxylic acids is 1. The lowest BCUT2D eigenvalue weighted by atomic mass is 10.1. The summed E-state index contributed by atoms with van der Waals surface area (Å²) in [6.45, 7) is 1.24. The lowest BCUT2D eigenvalue weighted by Gasteiger charge is -2.31. The molecule has 0 unspecified atom stereocenters. The second kappa shape index (κ2) is 6.98. The third-order valence-electron chi connectivity index (χ3n) is 3.30. The van der Waals surface area contributed by atoms with Crippen LogP contribution < -0.4 is 5.56 Å². The second-order valence-corrected chi connectivity index (χ2v) is 4.81. The van der Waals surface area contributed by atoms with Gasteiger partial charge in [0.1, 0.15) is 5.69 Å². The number of hydrogen-bond acceptors (Lipinski definition) is 5. The van der Waals surface area contributed by atoms with Crippen LogP contribution in [0.2, 0.25) is 0 Å². The highest BCUT2D eigenvalue weighted by atomic mass is 16.5. The molecule has 2 N–H and O–H groups in total. The number of aromatic nitrogens is 2. The minimum atomic E-state index is -0.883. The first-order chi connectivity index (χ1) is 10.1. The minimum absolute atomic E-state index is 0.0134. The number of aromatic amines is 1. The van der Waals surface area contributed by atoms with E-state index in [2.05, 4.69) is 10.2 Å². The summed E-state index contributed by atoms with van der Waals surface area (Å²) in [6.07, 6.45) is 1.29. The number of ether oxygens (including phenoxy) is 1. The van der Waals surface area contributed by atoms with E-state index in [1.807, 2.05) is 0 Å². The number of H-pyrrole nitrogens is 1. The fourth-order valence-corrected chi connectivity index (χ4v) is 2.16. The van der Waals surface area contributed by atoms with Crippen molar-refractivity contribution in [3.8, 4) is 0 Å². The molecule has 21 heavy (non-hydrogen) atoms. The molecule has 2 rings (SSSR count). The molecular weight excluding hydrogens is 278 g/mol. The quantitative estimate of drug-likeness (QED) is 0.782. The van der Waals surface area contributed by atoms with Crippen molar-refractivity contribution in [2.75, 3.05) is 19.7 Å². The second-order valence-electron chi connectivity index (χ2n) is 4.81. The predicted molar refractivity (Wildman–Crippen MR) is 72.0 cm³/mol. The number of piperidine rings is 1. The summed E-state index contributed by atoms with van der Waals surface area (Å²) in [5, 5.41) is 14.5. The van der Waals surface area contributed by atoms with Gasteiger partial charge in [0.05, 0.1) is 19.1 Å². The first kappa shape index (κ1) is 15.2. The number of carboxylic acid groups (broad SMARTS) is 1. The maximum atomic E-state index is 12.1. The molecule has 0 spiro atoms. The number of hydrogen-bond donors (Lipinski definition) is 2. The van der Waals surface area contributed by atoms with Crippen LogP contribution in [-0.4, -0.2) is 57.9 Å². The SMILES string of the molecule is O=C(O)CCOC1CCN(C(=O)c2ccc(=O)[nH]n2)CC1. The summed E-state index contributed by atoms with van der Waals surface area (Å²) in [5.74, 6) is -1.11. The third kappa shape index (κ3) is 4.38. The van der Waals surface area contributed by atoms with Crippen LogP contribution in [0.25, 0.3) is 0 Å². The standard InChI is InChI=1S/C13H17N3O5/c17-11-2-1-10(14-15-11)13(20)16-6-3-9(4-7-16)21-8-5-12(18)19/h1-2,9H,3-8H2,(H,15,17)(H,18,19). The molecule has 0 saturated carbocycles. The van der Waals surface area contributed by atoms with E-state index in [1.165, 1.54) is 12.1 Å². The van der Waals surface area contributed by atoms with Crippen LogP contribution in [0.3, 0.4) is 0 Å². The van der Waals surface area contributed by atoms with Gasteiger partial charge in [0, 0.05) is 19.2 Å². The van der Waals surface area contributed by atoms with Gasteiger partial charge in [-0.2, -0.15) is 5.10 Å². The normalized spacial score (nSPS) is 15.9. The van der Waals surface area contributed by atoms with Gasteiger partial charge in [-0.15, -0.1) is 0 Å². The lowest BCUT2D eigenvalue weighted by molar-refractivity contribution is -0.138. The molecule has 1 fully saturated rings. The Bertz CT molecular complexity index is 543. The van der Waals surface area contributed by atoms with Crippen molar-refractivity contribution in [1.29, 1.82) is 0 Å². The highest BCUT2D eigenvalue weighted by Crippen LogP contribution is 2.15. The van der Waals surface area contributed by atoms with E-state index in [0.717, 1.165) is 0 Å². The number of amides is 1. The van der Waals surface area contributed by atoms with Crippen molar-refractivity contribution in [1.82, 2.24) is 15.1 Å². The average molecular weight is 295 g/mol. The van der Waals surface area contributed by atoms with Crippen LogP contribution in [-0.2, 0) is 9.53 Å². The molecule has 8 nitrogen and oxygen atoms in total.